The van der Waals surface area contributed by atoms with Crippen LogP contribution < -0.4 is 0 Å². The van der Waals surface area contributed by atoms with Gasteiger partial charge in [-0.3, -0.25) is 9.59 Å². The van der Waals surface area contributed by atoms with E-state index in [-0.39, 0.29) is 24.1 Å². The van der Waals surface area contributed by atoms with Gasteiger partial charge in [0.25, 0.3) is 11.7 Å². The summed E-state index contributed by atoms with van der Waals surface area (Å²) in [7, 11) is 0. The first-order valence-electron chi connectivity index (χ1n) is 6.74. The van der Waals surface area contributed by atoms with Gasteiger partial charge in [0, 0.05) is 31.4 Å². The molecule has 3 rings (SSSR count). The number of aryl methyl sites for hydroxylation is 1. The predicted octanol–water partition coefficient (Wildman–Crippen LogP) is 0.370. The topological polar surface area (TPSA) is 101 Å². The SMILES string of the molecule is Cc1ccnc2nc(C(=O)N3CCC(CC(=O)O)C3)nn12. The average Bonchev–Trinajstić information content (AvgIpc) is 3.04. The van der Waals surface area contributed by atoms with Crippen molar-refractivity contribution in [2.24, 2.45) is 5.92 Å². The van der Waals surface area contributed by atoms with Crippen molar-refractivity contribution in [2.75, 3.05) is 13.1 Å². The molecule has 0 aliphatic carbocycles. The quantitative estimate of drug-likeness (QED) is 0.876. The second-order valence-corrected chi connectivity index (χ2v) is 5.24. The second kappa shape index (κ2) is 5.12. The van der Waals surface area contributed by atoms with Gasteiger partial charge in [0.15, 0.2) is 0 Å². The van der Waals surface area contributed by atoms with Crippen molar-refractivity contribution in [3.05, 3.63) is 23.8 Å². The summed E-state index contributed by atoms with van der Waals surface area (Å²) in [6.07, 6.45) is 2.40. The van der Waals surface area contributed by atoms with Gasteiger partial charge in [-0.05, 0) is 25.3 Å². The molecular formula is C13H15N5O3. The van der Waals surface area contributed by atoms with Crippen LogP contribution in [0.3, 0.4) is 0 Å². The van der Waals surface area contributed by atoms with E-state index in [1.54, 1.807) is 17.2 Å². The maximum Gasteiger partial charge on any atom is 0.303 e. The number of carbonyl (C=O) groups excluding carboxylic acids is 1. The van der Waals surface area contributed by atoms with Crippen LogP contribution in [0.25, 0.3) is 5.78 Å². The molecule has 2 aromatic rings. The van der Waals surface area contributed by atoms with Crippen molar-refractivity contribution < 1.29 is 14.7 Å². The third-order valence-electron chi connectivity index (χ3n) is 3.66. The van der Waals surface area contributed by atoms with E-state index in [1.807, 2.05) is 6.92 Å². The van der Waals surface area contributed by atoms with Crippen molar-refractivity contribution in [3.63, 3.8) is 0 Å². The fourth-order valence-corrected chi connectivity index (χ4v) is 2.57. The number of hydrogen-bond donors (Lipinski definition) is 1. The maximum absolute atomic E-state index is 12.4. The van der Waals surface area contributed by atoms with E-state index in [4.69, 9.17) is 5.11 Å². The third kappa shape index (κ3) is 2.56. The molecule has 1 amide bonds. The van der Waals surface area contributed by atoms with E-state index in [0.29, 0.717) is 25.3 Å². The number of carboxylic acid groups (broad SMARTS) is 1. The molecule has 21 heavy (non-hydrogen) atoms. The number of carboxylic acids is 1. The first-order valence-corrected chi connectivity index (χ1v) is 6.74. The average molecular weight is 289 g/mol. The number of likely N-dealkylation sites (tertiary alicyclic amines) is 1. The molecule has 0 radical (unpaired) electrons. The van der Waals surface area contributed by atoms with Gasteiger partial charge in [-0.2, -0.15) is 4.98 Å². The van der Waals surface area contributed by atoms with E-state index >= 15 is 0 Å². The summed E-state index contributed by atoms with van der Waals surface area (Å²) in [4.78, 5) is 32.9. The number of aliphatic carboxylic acids is 1. The normalized spacial score (nSPS) is 18.3. The van der Waals surface area contributed by atoms with E-state index in [9.17, 15) is 9.59 Å². The van der Waals surface area contributed by atoms with Gasteiger partial charge in [0.05, 0.1) is 0 Å². The number of nitrogens with zero attached hydrogens (tertiary/aromatic N) is 5. The molecule has 0 spiro atoms. The number of aromatic nitrogens is 4. The lowest BCUT2D eigenvalue weighted by Crippen LogP contribution is -2.30. The van der Waals surface area contributed by atoms with Gasteiger partial charge in [-0.25, -0.2) is 9.50 Å². The molecule has 1 saturated heterocycles. The molecule has 1 aliphatic heterocycles. The monoisotopic (exact) mass is 289 g/mol. The van der Waals surface area contributed by atoms with Gasteiger partial charge < -0.3 is 10.0 Å². The Kier molecular flexibility index (Phi) is 3.28. The summed E-state index contributed by atoms with van der Waals surface area (Å²) in [5, 5.41) is 13.0. The van der Waals surface area contributed by atoms with Crippen LogP contribution in [0.4, 0.5) is 0 Å². The predicted molar refractivity (Wildman–Crippen MR) is 71.8 cm³/mol. The lowest BCUT2D eigenvalue weighted by atomic mass is 10.1. The van der Waals surface area contributed by atoms with E-state index in [1.165, 1.54) is 4.52 Å². The molecule has 0 bridgehead atoms. The first kappa shape index (κ1) is 13.5. The molecule has 0 saturated carbocycles. The van der Waals surface area contributed by atoms with Crippen molar-refractivity contribution in [3.8, 4) is 0 Å². The van der Waals surface area contributed by atoms with Crippen LogP contribution in [-0.4, -0.2) is 54.6 Å². The molecule has 110 valence electrons. The molecule has 1 aliphatic rings. The Labute approximate surface area is 120 Å². The van der Waals surface area contributed by atoms with Crippen LogP contribution in [-0.2, 0) is 4.79 Å². The van der Waals surface area contributed by atoms with Crippen LogP contribution >= 0.6 is 0 Å². The minimum Gasteiger partial charge on any atom is -0.481 e. The molecule has 2 aromatic heterocycles. The van der Waals surface area contributed by atoms with Crippen LogP contribution in [0.1, 0.15) is 29.2 Å². The molecule has 1 atom stereocenters. The summed E-state index contributed by atoms with van der Waals surface area (Å²) in [6.45, 7) is 2.84. The first-order chi connectivity index (χ1) is 10.0. The fraction of sp³-hybridized carbons (Fsp3) is 0.462. The number of rotatable bonds is 3. The molecule has 1 fully saturated rings. The van der Waals surface area contributed by atoms with Gasteiger partial charge in [0.2, 0.25) is 5.82 Å². The minimum atomic E-state index is -0.833. The van der Waals surface area contributed by atoms with Crippen molar-refractivity contribution in [2.45, 2.75) is 19.8 Å². The van der Waals surface area contributed by atoms with Gasteiger partial charge >= 0.3 is 5.97 Å². The van der Waals surface area contributed by atoms with E-state index in [2.05, 4.69) is 15.1 Å². The molecule has 3 heterocycles. The summed E-state index contributed by atoms with van der Waals surface area (Å²) < 4.78 is 1.53. The van der Waals surface area contributed by atoms with Crippen molar-refractivity contribution >= 4 is 17.7 Å². The fourth-order valence-electron chi connectivity index (χ4n) is 2.57. The Balaban J connectivity index is 1.78. The van der Waals surface area contributed by atoms with Crippen molar-refractivity contribution in [1.82, 2.24) is 24.5 Å². The van der Waals surface area contributed by atoms with Crippen LogP contribution in [0.5, 0.6) is 0 Å². The van der Waals surface area contributed by atoms with Crippen LogP contribution in [0, 0.1) is 12.8 Å². The lowest BCUT2D eigenvalue weighted by molar-refractivity contribution is -0.138. The smallest absolute Gasteiger partial charge is 0.303 e. The van der Waals surface area contributed by atoms with Crippen molar-refractivity contribution in [1.29, 1.82) is 0 Å². The van der Waals surface area contributed by atoms with E-state index < -0.39 is 5.97 Å². The summed E-state index contributed by atoms with van der Waals surface area (Å²) in [5.41, 5.74) is 0.844. The highest BCUT2D eigenvalue weighted by Gasteiger charge is 2.30. The number of fused-ring (bicyclic) bond motifs is 1. The Morgan fingerprint density at radius 3 is 3.00 bits per heavy atom. The summed E-state index contributed by atoms with van der Waals surface area (Å²) in [6, 6.07) is 1.79. The van der Waals surface area contributed by atoms with E-state index in [0.717, 1.165) is 5.69 Å². The Bertz CT molecular complexity index is 711. The molecule has 1 N–H and O–H groups in total. The molecular weight excluding hydrogens is 274 g/mol. The van der Waals surface area contributed by atoms with Gasteiger partial charge in [-0.15, -0.1) is 5.10 Å². The Hall–Kier alpha value is -2.51. The zero-order valence-electron chi connectivity index (χ0n) is 11.6. The number of carbonyl (C=O) groups is 2. The Morgan fingerprint density at radius 1 is 1.48 bits per heavy atom. The van der Waals surface area contributed by atoms with Crippen LogP contribution in [0.2, 0.25) is 0 Å². The molecule has 1 unspecified atom stereocenters. The largest absolute Gasteiger partial charge is 0.481 e. The molecule has 8 heteroatoms. The Morgan fingerprint density at radius 2 is 2.29 bits per heavy atom. The summed E-state index contributed by atoms with van der Waals surface area (Å²) in [5.74, 6) is -0.608. The zero-order valence-corrected chi connectivity index (χ0v) is 11.6. The minimum absolute atomic E-state index is 0.00309. The highest BCUT2D eigenvalue weighted by Crippen LogP contribution is 2.20. The molecule has 0 aromatic carbocycles. The zero-order chi connectivity index (χ0) is 15.0. The third-order valence-corrected chi connectivity index (χ3v) is 3.66. The second-order valence-electron chi connectivity index (χ2n) is 5.24. The lowest BCUT2D eigenvalue weighted by Gasteiger charge is -2.13. The highest BCUT2D eigenvalue weighted by atomic mass is 16.4. The van der Waals surface area contributed by atoms with Crippen LogP contribution in [0.15, 0.2) is 12.3 Å². The standard InChI is InChI=1S/C13H15N5O3/c1-8-2-4-14-13-15-11(16-18(8)13)12(21)17-5-3-9(7-17)6-10(19)20/h2,4,9H,3,5-7H2,1H3,(H,19,20). The maximum atomic E-state index is 12.4. The van der Waals surface area contributed by atoms with Gasteiger partial charge in [-0.1, -0.05) is 0 Å². The highest BCUT2D eigenvalue weighted by molar-refractivity contribution is 5.91. The van der Waals surface area contributed by atoms with Gasteiger partial charge in [0.1, 0.15) is 0 Å². The summed E-state index contributed by atoms with van der Waals surface area (Å²) >= 11 is 0. The number of hydrogen-bond acceptors (Lipinski definition) is 5. The number of amides is 1. The molecule has 8 nitrogen and oxygen atoms in total.